The van der Waals surface area contributed by atoms with Crippen LogP contribution in [0.25, 0.3) is 11.5 Å². The SMILES string of the molecule is CC(C)(C)OC(=O)N1CC(C)(C(O)(c2ccc(CC(F)(F)F)cc2)c2cncc(-c3nc(C45CC(CO)(C4)C5)no3)c2)C1. The van der Waals surface area contributed by atoms with Gasteiger partial charge in [-0.15, -0.1) is 0 Å². The van der Waals surface area contributed by atoms with Crippen LogP contribution in [0.4, 0.5) is 18.0 Å². The molecule has 4 aliphatic rings. The van der Waals surface area contributed by atoms with Crippen molar-refractivity contribution in [1.82, 2.24) is 20.0 Å². The molecule has 1 aromatic carbocycles. The predicted molar refractivity (Wildman–Crippen MR) is 148 cm³/mol. The van der Waals surface area contributed by atoms with Gasteiger partial charge < -0.3 is 24.4 Å². The van der Waals surface area contributed by atoms with E-state index in [1.807, 2.05) is 6.92 Å². The van der Waals surface area contributed by atoms with Gasteiger partial charge in [0.1, 0.15) is 11.2 Å². The second-order valence-corrected chi connectivity index (χ2v) is 14.0. The topological polar surface area (TPSA) is 122 Å². The monoisotopic (exact) mass is 600 g/mol. The van der Waals surface area contributed by atoms with E-state index in [0.717, 1.165) is 19.3 Å². The number of rotatable bonds is 7. The fourth-order valence-electron chi connectivity index (χ4n) is 7.15. The molecule has 3 saturated carbocycles. The number of ether oxygens (including phenoxy) is 1. The second kappa shape index (κ2) is 9.49. The van der Waals surface area contributed by atoms with E-state index in [1.54, 1.807) is 33.0 Å². The summed E-state index contributed by atoms with van der Waals surface area (Å²) >= 11 is 0. The smallest absolute Gasteiger partial charge is 0.410 e. The number of amides is 1. The summed E-state index contributed by atoms with van der Waals surface area (Å²) in [6, 6.07) is 7.36. The van der Waals surface area contributed by atoms with Crippen molar-refractivity contribution in [3.05, 3.63) is 65.2 Å². The van der Waals surface area contributed by atoms with Gasteiger partial charge in [0.05, 0.1) is 12.0 Å². The van der Waals surface area contributed by atoms with Gasteiger partial charge in [-0.3, -0.25) is 4.98 Å². The average Bonchev–Trinajstić information content (AvgIpc) is 3.33. The Hall–Kier alpha value is -3.51. The number of carbonyl (C=O) groups is 1. The molecule has 2 N–H and O–H groups in total. The summed E-state index contributed by atoms with van der Waals surface area (Å²) in [5, 5.41) is 26.4. The lowest BCUT2D eigenvalue weighted by atomic mass is 9.35. The normalized spacial score (nSPS) is 25.7. The number of benzene rings is 1. The maximum absolute atomic E-state index is 13.0. The van der Waals surface area contributed by atoms with E-state index in [2.05, 4.69) is 15.1 Å². The van der Waals surface area contributed by atoms with Crippen molar-refractivity contribution in [2.24, 2.45) is 10.8 Å². The molecule has 3 aromatic rings. The van der Waals surface area contributed by atoms with Crippen LogP contribution >= 0.6 is 0 Å². The van der Waals surface area contributed by atoms with Crippen molar-refractivity contribution in [2.45, 2.75) is 76.2 Å². The summed E-state index contributed by atoms with van der Waals surface area (Å²) in [7, 11) is 0. The van der Waals surface area contributed by atoms with Gasteiger partial charge in [-0.1, -0.05) is 36.3 Å². The van der Waals surface area contributed by atoms with Gasteiger partial charge in [0, 0.05) is 48.5 Å². The zero-order chi connectivity index (χ0) is 31.1. The van der Waals surface area contributed by atoms with Gasteiger partial charge in [0.25, 0.3) is 5.89 Å². The second-order valence-electron chi connectivity index (χ2n) is 14.0. The molecule has 1 aliphatic heterocycles. The summed E-state index contributed by atoms with van der Waals surface area (Å²) in [5.74, 6) is 0.807. The van der Waals surface area contributed by atoms with Crippen LogP contribution in [0.3, 0.4) is 0 Å². The van der Waals surface area contributed by atoms with Crippen molar-refractivity contribution in [1.29, 1.82) is 0 Å². The Labute approximate surface area is 247 Å². The van der Waals surface area contributed by atoms with Crippen molar-refractivity contribution in [2.75, 3.05) is 19.7 Å². The van der Waals surface area contributed by atoms with Crippen molar-refractivity contribution < 1.29 is 37.4 Å². The number of alkyl halides is 3. The van der Waals surface area contributed by atoms with Gasteiger partial charge in [0.15, 0.2) is 5.82 Å². The van der Waals surface area contributed by atoms with Crippen LogP contribution in [0.1, 0.15) is 69.5 Å². The highest BCUT2D eigenvalue weighted by molar-refractivity contribution is 5.70. The van der Waals surface area contributed by atoms with Crippen LogP contribution in [0.15, 0.2) is 47.2 Å². The Kier molecular flexibility index (Phi) is 6.53. The Morgan fingerprint density at radius 3 is 2.30 bits per heavy atom. The molecule has 43 heavy (non-hydrogen) atoms. The highest BCUT2D eigenvalue weighted by Crippen LogP contribution is 2.72. The van der Waals surface area contributed by atoms with Crippen molar-refractivity contribution >= 4 is 6.09 Å². The summed E-state index contributed by atoms with van der Waals surface area (Å²) in [6.07, 6.45) is -0.509. The fourth-order valence-corrected chi connectivity index (χ4v) is 7.15. The molecule has 0 spiro atoms. The fraction of sp³-hybridized carbons (Fsp3) is 0.548. The first-order valence-corrected chi connectivity index (χ1v) is 14.3. The lowest BCUT2D eigenvalue weighted by Crippen LogP contribution is -2.66. The Bertz CT molecular complexity index is 1520. The molecule has 9 nitrogen and oxygen atoms in total. The minimum absolute atomic E-state index is 0.0280. The quantitative estimate of drug-likeness (QED) is 0.382. The van der Waals surface area contributed by atoms with E-state index < -0.39 is 35.3 Å². The largest absolute Gasteiger partial charge is 0.444 e. The molecule has 230 valence electrons. The van der Waals surface area contributed by atoms with Crippen LogP contribution in [0, 0.1) is 10.8 Å². The molecule has 1 amide bonds. The number of aliphatic hydroxyl groups excluding tert-OH is 1. The Morgan fingerprint density at radius 2 is 1.72 bits per heavy atom. The van der Waals surface area contributed by atoms with E-state index in [4.69, 9.17) is 9.26 Å². The number of aliphatic hydroxyl groups is 2. The molecular formula is C31H35F3N4O5. The molecule has 1 unspecified atom stereocenters. The lowest BCUT2D eigenvalue weighted by Gasteiger charge is -2.68. The number of aromatic nitrogens is 3. The first kappa shape index (κ1) is 29.6. The minimum atomic E-state index is -4.37. The highest BCUT2D eigenvalue weighted by Gasteiger charge is 2.70. The van der Waals surface area contributed by atoms with E-state index in [-0.39, 0.29) is 42.0 Å². The number of nitrogens with zero attached hydrogens (tertiary/aromatic N) is 4. The molecule has 1 saturated heterocycles. The molecule has 2 aromatic heterocycles. The van der Waals surface area contributed by atoms with Crippen LogP contribution in [0.5, 0.6) is 0 Å². The summed E-state index contributed by atoms with van der Waals surface area (Å²) in [5.41, 5.74) is -2.35. The van der Waals surface area contributed by atoms with Gasteiger partial charge in [-0.2, -0.15) is 18.2 Å². The maximum atomic E-state index is 13.0. The highest BCUT2D eigenvalue weighted by atomic mass is 19.4. The summed E-state index contributed by atoms with van der Waals surface area (Å²) in [4.78, 5) is 23.2. The minimum Gasteiger partial charge on any atom is -0.444 e. The number of likely N-dealkylation sites (tertiary alicyclic amines) is 1. The van der Waals surface area contributed by atoms with Crippen LogP contribution in [-0.4, -0.2) is 67.8 Å². The molecule has 7 rings (SSSR count). The number of hydrogen-bond acceptors (Lipinski definition) is 8. The molecule has 0 radical (unpaired) electrons. The predicted octanol–water partition coefficient (Wildman–Crippen LogP) is 5.14. The van der Waals surface area contributed by atoms with E-state index in [0.29, 0.717) is 22.5 Å². The maximum Gasteiger partial charge on any atom is 0.410 e. The van der Waals surface area contributed by atoms with Crippen LogP contribution < -0.4 is 0 Å². The van der Waals surface area contributed by atoms with Crippen molar-refractivity contribution in [3.63, 3.8) is 0 Å². The van der Waals surface area contributed by atoms with Crippen LogP contribution in [0.2, 0.25) is 0 Å². The van der Waals surface area contributed by atoms with E-state index in [1.165, 1.54) is 35.4 Å². The zero-order valence-electron chi connectivity index (χ0n) is 24.5. The number of halogens is 3. The summed E-state index contributed by atoms with van der Waals surface area (Å²) in [6.45, 7) is 7.52. The number of pyridine rings is 1. The molecule has 2 bridgehead atoms. The molecule has 3 heterocycles. The lowest BCUT2D eigenvalue weighted by molar-refractivity contribution is -0.172. The van der Waals surface area contributed by atoms with Gasteiger partial charge >= 0.3 is 12.3 Å². The number of hydrogen-bond donors (Lipinski definition) is 2. The molecule has 4 fully saturated rings. The first-order chi connectivity index (χ1) is 20.0. The van der Waals surface area contributed by atoms with Gasteiger partial charge in [-0.25, -0.2) is 4.79 Å². The third-order valence-electron chi connectivity index (χ3n) is 9.16. The third-order valence-corrected chi connectivity index (χ3v) is 9.16. The standard InChI is InChI=1S/C31H35F3N4O5/c1-26(2,3)42-25(40)38-16-27(4,17-38)31(41,21-7-5-19(6-8-21)10-30(32,33)34)22-9-20(11-35-12-22)23-36-24(37-43-23)29-13-28(14-29,15-29)18-39/h5-9,11-12,39,41H,10,13-18H2,1-4H3. The molecule has 3 aliphatic carbocycles. The van der Waals surface area contributed by atoms with Gasteiger partial charge in [0.2, 0.25) is 0 Å². The third kappa shape index (κ3) is 4.98. The molecule has 12 heteroatoms. The molecular weight excluding hydrogens is 565 g/mol. The van der Waals surface area contributed by atoms with Crippen molar-refractivity contribution in [3.8, 4) is 11.5 Å². The average molecular weight is 601 g/mol. The van der Waals surface area contributed by atoms with Crippen LogP contribution in [-0.2, 0) is 22.2 Å². The number of carbonyl (C=O) groups excluding carboxylic acids is 1. The Morgan fingerprint density at radius 1 is 1.07 bits per heavy atom. The van der Waals surface area contributed by atoms with E-state index >= 15 is 0 Å². The summed E-state index contributed by atoms with van der Waals surface area (Å²) < 4.78 is 50.2. The zero-order valence-corrected chi connectivity index (χ0v) is 24.5. The van der Waals surface area contributed by atoms with Gasteiger partial charge in [-0.05, 0) is 62.6 Å². The Balaban J connectivity index is 1.33. The molecule has 1 atom stereocenters. The van der Waals surface area contributed by atoms with E-state index in [9.17, 15) is 28.2 Å². The first-order valence-electron chi connectivity index (χ1n) is 14.3.